The van der Waals surface area contributed by atoms with Crippen molar-refractivity contribution in [3.63, 3.8) is 0 Å². The highest BCUT2D eigenvalue weighted by atomic mass is 19.1. The fourth-order valence-electron chi connectivity index (χ4n) is 2.05. The SMILES string of the molecule is CC1CCc2cc(F)c(O)cc2N(C)C1=O. The molecule has 0 radical (unpaired) electrons. The van der Waals surface area contributed by atoms with Gasteiger partial charge in [-0.05, 0) is 24.5 Å². The van der Waals surface area contributed by atoms with Gasteiger partial charge in [0.1, 0.15) is 0 Å². The Balaban J connectivity index is 2.53. The summed E-state index contributed by atoms with van der Waals surface area (Å²) in [4.78, 5) is 13.3. The molecule has 0 spiro atoms. The number of carbonyl (C=O) groups is 1. The molecule has 86 valence electrons. The van der Waals surface area contributed by atoms with Gasteiger partial charge in [-0.25, -0.2) is 4.39 Å². The van der Waals surface area contributed by atoms with E-state index in [-0.39, 0.29) is 11.8 Å². The van der Waals surface area contributed by atoms with E-state index in [0.717, 1.165) is 5.56 Å². The largest absolute Gasteiger partial charge is 0.505 e. The number of amides is 1. The van der Waals surface area contributed by atoms with Crippen LogP contribution < -0.4 is 4.90 Å². The van der Waals surface area contributed by atoms with Crippen LogP contribution in [0.25, 0.3) is 0 Å². The number of phenols is 1. The lowest BCUT2D eigenvalue weighted by Gasteiger charge is -2.19. The minimum Gasteiger partial charge on any atom is -0.505 e. The van der Waals surface area contributed by atoms with Crippen molar-refractivity contribution in [2.75, 3.05) is 11.9 Å². The van der Waals surface area contributed by atoms with Gasteiger partial charge in [0, 0.05) is 19.0 Å². The molecule has 3 nitrogen and oxygen atoms in total. The third-order valence-corrected chi connectivity index (χ3v) is 3.11. The average Bonchev–Trinajstić information content (AvgIpc) is 2.35. The Kier molecular flexibility index (Phi) is 2.58. The normalized spacial score (nSPS) is 20.6. The summed E-state index contributed by atoms with van der Waals surface area (Å²) in [6, 6.07) is 2.63. The monoisotopic (exact) mass is 223 g/mol. The molecule has 0 bridgehead atoms. The van der Waals surface area contributed by atoms with Crippen LogP contribution in [0.5, 0.6) is 5.75 Å². The Labute approximate surface area is 93.5 Å². The molecule has 1 heterocycles. The molecule has 1 aliphatic rings. The molecule has 1 aromatic rings. The van der Waals surface area contributed by atoms with E-state index in [4.69, 9.17) is 0 Å². The molecule has 2 rings (SSSR count). The Morgan fingerprint density at radius 3 is 2.88 bits per heavy atom. The summed E-state index contributed by atoms with van der Waals surface area (Å²) in [5, 5.41) is 9.32. The van der Waals surface area contributed by atoms with Gasteiger partial charge in [0.25, 0.3) is 0 Å². The van der Waals surface area contributed by atoms with Crippen molar-refractivity contribution in [1.29, 1.82) is 0 Å². The maximum Gasteiger partial charge on any atom is 0.229 e. The molecule has 0 aliphatic carbocycles. The number of nitrogens with zero attached hydrogens (tertiary/aromatic N) is 1. The molecular formula is C12H14FNO2. The highest BCUT2D eigenvalue weighted by Gasteiger charge is 2.25. The predicted octanol–water partition coefficient (Wildman–Crippen LogP) is 2.08. The summed E-state index contributed by atoms with van der Waals surface area (Å²) in [5.41, 5.74) is 1.38. The minimum atomic E-state index is -0.630. The average molecular weight is 223 g/mol. The highest BCUT2D eigenvalue weighted by molar-refractivity contribution is 5.96. The molecule has 1 atom stereocenters. The zero-order valence-electron chi connectivity index (χ0n) is 9.33. The molecule has 1 aliphatic heterocycles. The lowest BCUT2D eigenvalue weighted by molar-refractivity contribution is -0.121. The summed E-state index contributed by atoms with van der Waals surface area (Å²) < 4.78 is 13.2. The molecular weight excluding hydrogens is 209 g/mol. The van der Waals surface area contributed by atoms with Gasteiger partial charge in [-0.3, -0.25) is 4.79 Å². The third kappa shape index (κ3) is 1.64. The number of fused-ring (bicyclic) bond motifs is 1. The van der Waals surface area contributed by atoms with Gasteiger partial charge < -0.3 is 10.0 Å². The summed E-state index contributed by atoms with van der Waals surface area (Å²) in [6.45, 7) is 1.86. The summed E-state index contributed by atoms with van der Waals surface area (Å²) in [7, 11) is 1.65. The summed E-state index contributed by atoms with van der Waals surface area (Å²) >= 11 is 0. The van der Waals surface area contributed by atoms with Crippen molar-refractivity contribution in [1.82, 2.24) is 0 Å². The van der Waals surface area contributed by atoms with E-state index in [1.807, 2.05) is 6.92 Å². The van der Waals surface area contributed by atoms with Gasteiger partial charge in [0.05, 0.1) is 5.69 Å². The van der Waals surface area contributed by atoms with E-state index in [9.17, 15) is 14.3 Å². The minimum absolute atomic E-state index is 0.00441. The zero-order chi connectivity index (χ0) is 11.9. The van der Waals surface area contributed by atoms with E-state index in [2.05, 4.69) is 0 Å². The number of hydrogen-bond donors (Lipinski definition) is 1. The van der Waals surface area contributed by atoms with Crippen molar-refractivity contribution in [2.45, 2.75) is 19.8 Å². The molecule has 1 aromatic carbocycles. The first-order valence-electron chi connectivity index (χ1n) is 5.29. The number of rotatable bonds is 0. The standard InChI is InChI=1S/C12H14FNO2/c1-7-3-4-8-5-9(13)11(15)6-10(8)14(2)12(7)16/h5-7,15H,3-4H2,1-2H3. The third-order valence-electron chi connectivity index (χ3n) is 3.11. The first kappa shape index (κ1) is 10.9. The van der Waals surface area contributed by atoms with Crippen LogP contribution in [-0.4, -0.2) is 18.1 Å². The van der Waals surface area contributed by atoms with E-state index in [1.165, 1.54) is 17.0 Å². The van der Waals surface area contributed by atoms with Crippen molar-refractivity contribution in [3.05, 3.63) is 23.5 Å². The van der Waals surface area contributed by atoms with Crippen molar-refractivity contribution >= 4 is 11.6 Å². The number of anilines is 1. The van der Waals surface area contributed by atoms with Gasteiger partial charge in [0.15, 0.2) is 11.6 Å². The van der Waals surface area contributed by atoms with Crippen LogP contribution in [-0.2, 0) is 11.2 Å². The second kappa shape index (κ2) is 3.77. The molecule has 4 heteroatoms. The molecule has 0 aromatic heterocycles. The fourth-order valence-corrected chi connectivity index (χ4v) is 2.05. The lowest BCUT2D eigenvalue weighted by atomic mass is 10.0. The van der Waals surface area contributed by atoms with E-state index < -0.39 is 11.6 Å². The summed E-state index contributed by atoms with van der Waals surface area (Å²) in [6.07, 6.45) is 1.37. The maximum absolute atomic E-state index is 13.2. The second-order valence-electron chi connectivity index (χ2n) is 4.27. The maximum atomic E-state index is 13.2. The smallest absolute Gasteiger partial charge is 0.229 e. The van der Waals surface area contributed by atoms with Gasteiger partial charge in [0.2, 0.25) is 5.91 Å². The van der Waals surface area contributed by atoms with Crippen LogP contribution in [0.1, 0.15) is 18.9 Å². The van der Waals surface area contributed by atoms with Crippen LogP contribution in [0, 0.1) is 11.7 Å². The number of hydrogen-bond acceptors (Lipinski definition) is 2. The van der Waals surface area contributed by atoms with Crippen LogP contribution in [0.4, 0.5) is 10.1 Å². The molecule has 0 saturated heterocycles. The van der Waals surface area contributed by atoms with E-state index in [1.54, 1.807) is 7.05 Å². The van der Waals surface area contributed by atoms with Gasteiger partial charge in [-0.15, -0.1) is 0 Å². The van der Waals surface area contributed by atoms with Gasteiger partial charge >= 0.3 is 0 Å². The van der Waals surface area contributed by atoms with Crippen LogP contribution in [0.2, 0.25) is 0 Å². The number of halogens is 1. The van der Waals surface area contributed by atoms with Crippen molar-refractivity contribution in [3.8, 4) is 5.75 Å². The van der Waals surface area contributed by atoms with Crippen LogP contribution in [0.15, 0.2) is 12.1 Å². The van der Waals surface area contributed by atoms with E-state index >= 15 is 0 Å². The first-order valence-corrected chi connectivity index (χ1v) is 5.29. The first-order chi connectivity index (χ1) is 7.50. The van der Waals surface area contributed by atoms with Gasteiger partial charge in [-0.1, -0.05) is 6.92 Å². The zero-order valence-corrected chi connectivity index (χ0v) is 9.33. The van der Waals surface area contributed by atoms with E-state index in [0.29, 0.717) is 18.5 Å². The molecule has 1 N–H and O–H groups in total. The van der Waals surface area contributed by atoms with Crippen LogP contribution in [0.3, 0.4) is 0 Å². The predicted molar refractivity (Wildman–Crippen MR) is 59.0 cm³/mol. The van der Waals surface area contributed by atoms with Gasteiger partial charge in [-0.2, -0.15) is 0 Å². The number of aryl methyl sites for hydroxylation is 1. The lowest BCUT2D eigenvalue weighted by Crippen LogP contribution is -2.30. The second-order valence-corrected chi connectivity index (χ2v) is 4.27. The molecule has 1 amide bonds. The summed E-state index contributed by atoms with van der Waals surface area (Å²) in [5.74, 6) is -1.10. The number of carbonyl (C=O) groups excluding carboxylic acids is 1. The topological polar surface area (TPSA) is 40.5 Å². The quantitative estimate of drug-likeness (QED) is 0.731. The van der Waals surface area contributed by atoms with Crippen molar-refractivity contribution < 1.29 is 14.3 Å². The fraction of sp³-hybridized carbons (Fsp3) is 0.417. The Hall–Kier alpha value is -1.58. The Morgan fingerprint density at radius 2 is 2.19 bits per heavy atom. The Morgan fingerprint density at radius 1 is 1.50 bits per heavy atom. The van der Waals surface area contributed by atoms with Crippen molar-refractivity contribution in [2.24, 2.45) is 5.92 Å². The molecule has 0 fully saturated rings. The number of benzene rings is 1. The number of aromatic hydroxyl groups is 1. The molecule has 0 saturated carbocycles. The Bertz CT molecular complexity index is 445. The highest BCUT2D eigenvalue weighted by Crippen LogP contribution is 2.32. The number of phenolic OH excluding ortho intramolecular Hbond substituents is 1. The van der Waals surface area contributed by atoms with Crippen LogP contribution >= 0.6 is 0 Å². The molecule has 1 unspecified atom stereocenters. The molecule has 16 heavy (non-hydrogen) atoms.